The highest BCUT2D eigenvalue weighted by atomic mass is 32.2. The summed E-state index contributed by atoms with van der Waals surface area (Å²) in [5, 5.41) is 7.62. The molecule has 4 heteroatoms. The molecule has 0 aliphatic rings. The summed E-state index contributed by atoms with van der Waals surface area (Å²) in [4.78, 5) is 0. The third kappa shape index (κ3) is 3.65. The summed E-state index contributed by atoms with van der Waals surface area (Å²) in [5.74, 6) is 0.163. The highest BCUT2D eigenvalue weighted by Gasteiger charge is 1.89. The molecular formula is C3H6O3S. The van der Waals surface area contributed by atoms with Gasteiger partial charge in [-0.15, -0.1) is 10.9 Å². The summed E-state index contributed by atoms with van der Waals surface area (Å²) in [5.41, 5.74) is 0. The molecule has 0 saturated carbocycles. The van der Waals surface area contributed by atoms with Crippen molar-refractivity contribution in [3.8, 4) is 0 Å². The zero-order chi connectivity index (χ0) is 5.70. The fourth-order valence-corrected chi connectivity index (χ4v) is 0.380. The Hall–Kier alpha value is -0.190. The van der Waals surface area contributed by atoms with Crippen LogP contribution in [0, 0.1) is 0 Å². The lowest BCUT2D eigenvalue weighted by atomic mass is 10.8. The van der Waals surface area contributed by atoms with E-state index in [9.17, 15) is 4.21 Å². The molecule has 0 fully saturated rings. The third-order valence-electron chi connectivity index (χ3n) is 0.337. The maximum Gasteiger partial charge on any atom is 0.191 e. The summed E-state index contributed by atoms with van der Waals surface area (Å²) < 4.78 is 13.4. The average molecular weight is 122 g/mol. The van der Waals surface area contributed by atoms with Crippen LogP contribution in [0.3, 0.4) is 0 Å². The van der Waals surface area contributed by atoms with E-state index in [1.54, 1.807) is 0 Å². The fraction of sp³-hybridized carbons (Fsp3) is 0.333. The Morgan fingerprint density at radius 3 is 2.71 bits per heavy atom. The van der Waals surface area contributed by atoms with Crippen molar-refractivity contribution in [1.29, 1.82) is 0 Å². The second kappa shape index (κ2) is 3.98. The van der Waals surface area contributed by atoms with Crippen molar-refractivity contribution in [3.63, 3.8) is 0 Å². The smallest absolute Gasteiger partial charge is 0.191 e. The molecule has 0 aromatic heterocycles. The van der Waals surface area contributed by atoms with Crippen LogP contribution in [0.4, 0.5) is 0 Å². The first-order valence-electron chi connectivity index (χ1n) is 1.62. The van der Waals surface area contributed by atoms with E-state index in [2.05, 4.69) is 10.9 Å². The maximum atomic E-state index is 9.98. The molecule has 0 aromatic rings. The van der Waals surface area contributed by atoms with Crippen molar-refractivity contribution in [3.05, 3.63) is 12.7 Å². The summed E-state index contributed by atoms with van der Waals surface area (Å²) in [6, 6.07) is 0. The standard InChI is InChI=1S/C3H6O3S/c1-2-3-7(5)6-4/h2,4H,1,3H2. The molecule has 3 nitrogen and oxygen atoms in total. The first kappa shape index (κ1) is 6.81. The number of hydrogen-bond acceptors (Lipinski definition) is 3. The minimum Gasteiger partial charge on any atom is -0.237 e. The Morgan fingerprint density at radius 1 is 2.00 bits per heavy atom. The Morgan fingerprint density at radius 2 is 2.57 bits per heavy atom. The monoisotopic (exact) mass is 122 g/mol. The van der Waals surface area contributed by atoms with Crippen molar-refractivity contribution in [1.82, 2.24) is 0 Å². The van der Waals surface area contributed by atoms with Crippen LogP contribution in [0.5, 0.6) is 0 Å². The van der Waals surface area contributed by atoms with Gasteiger partial charge in [0, 0.05) is 0 Å². The van der Waals surface area contributed by atoms with Gasteiger partial charge >= 0.3 is 0 Å². The molecule has 0 heterocycles. The lowest BCUT2D eigenvalue weighted by Gasteiger charge is -1.84. The summed E-state index contributed by atoms with van der Waals surface area (Å²) in [7, 11) is 0. The number of rotatable bonds is 3. The molecule has 0 aliphatic carbocycles. The van der Waals surface area contributed by atoms with Crippen molar-refractivity contribution >= 4 is 11.1 Å². The predicted octanol–water partition coefficient (Wildman–Crippen LogP) is 0.326. The highest BCUT2D eigenvalue weighted by Crippen LogP contribution is 1.78. The minimum absolute atomic E-state index is 0.163. The molecule has 0 spiro atoms. The van der Waals surface area contributed by atoms with E-state index in [0.29, 0.717) is 0 Å². The van der Waals surface area contributed by atoms with Gasteiger partial charge in [-0.05, 0) is 0 Å². The highest BCUT2D eigenvalue weighted by molar-refractivity contribution is 7.80. The zero-order valence-corrected chi connectivity index (χ0v) is 4.48. The molecule has 0 amide bonds. The molecule has 42 valence electrons. The zero-order valence-electron chi connectivity index (χ0n) is 3.66. The Kier molecular flexibility index (Phi) is 3.87. The van der Waals surface area contributed by atoms with Crippen LogP contribution in [0.2, 0.25) is 0 Å². The van der Waals surface area contributed by atoms with Crippen LogP contribution in [0.15, 0.2) is 12.7 Å². The number of hydrogen-bond donors (Lipinski definition) is 1. The van der Waals surface area contributed by atoms with Crippen molar-refractivity contribution in [2.24, 2.45) is 0 Å². The second-order valence-corrected chi connectivity index (χ2v) is 1.92. The van der Waals surface area contributed by atoms with Gasteiger partial charge in [0.25, 0.3) is 0 Å². The van der Waals surface area contributed by atoms with Crippen LogP contribution in [0.25, 0.3) is 0 Å². The van der Waals surface area contributed by atoms with E-state index in [-0.39, 0.29) is 5.75 Å². The van der Waals surface area contributed by atoms with Gasteiger partial charge in [0.15, 0.2) is 11.1 Å². The Bertz CT molecular complexity index is 80.2. The molecule has 1 unspecified atom stereocenters. The minimum atomic E-state index is -1.59. The molecule has 0 bridgehead atoms. The van der Waals surface area contributed by atoms with Gasteiger partial charge in [-0.1, -0.05) is 6.08 Å². The van der Waals surface area contributed by atoms with Gasteiger partial charge < -0.3 is 0 Å². The molecule has 1 N–H and O–H groups in total. The molecular weight excluding hydrogens is 116 g/mol. The third-order valence-corrected chi connectivity index (χ3v) is 1.01. The fourth-order valence-electron chi connectivity index (χ4n) is 0.127. The SMILES string of the molecule is C=CCS(=O)OO. The van der Waals surface area contributed by atoms with Gasteiger partial charge in [-0.25, -0.2) is 9.47 Å². The van der Waals surface area contributed by atoms with Crippen LogP contribution in [0.1, 0.15) is 0 Å². The molecule has 0 rings (SSSR count). The van der Waals surface area contributed by atoms with E-state index in [1.807, 2.05) is 0 Å². The van der Waals surface area contributed by atoms with Crippen molar-refractivity contribution < 1.29 is 13.8 Å². The summed E-state index contributed by atoms with van der Waals surface area (Å²) in [6.45, 7) is 3.26. The molecule has 0 aliphatic heterocycles. The van der Waals surface area contributed by atoms with Crippen LogP contribution >= 0.6 is 0 Å². The summed E-state index contributed by atoms with van der Waals surface area (Å²) >= 11 is -1.59. The van der Waals surface area contributed by atoms with Crippen LogP contribution < -0.4 is 0 Å². The second-order valence-electron chi connectivity index (χ2n) is 0.834. The van der Waals surface area contributed by atoms with E-state index in [4.69, 9.17) is 5.26 Å². The lowest BCUT2D eigenvalue weighted by Crippen LogP contribution is -1.94. The Balaban J connectivity index is 3.17. The lowest BCUT2D eigenvalue weighted by molar-refractivity contribution is -0.123. The largest absolute Gasteiger partial charge is 0.237 e. The van der Waals surface area contributed by atoms with Gasteiger partial charge in [-0.2, -0.15) is 0 Å². The van der Waals surface area contributed by atoms with E-state index in [0.717, 1.165) is 0 Å². The average Bonchev–Trinajstić information content (AvgIpc) is 1.68. The van der Waals surface area contributed by atoms with Crippen LogP contribution in [-0.2, 0) is 15.4 Å². The van der Waals surface area contributed by atoms with Gasteiger partial charge in [0.05, 0.1) is 5.75 Å². The van der Waals surface area contributed by atoms with E-state index < -0.39 is 11.1 Å². The topological polar surface area (TPSA) is 46.5 Å². The van der Waals surface area contributed by atoms with Crippen LogP contribution in [-0.4, -0.2) is 15.2 Å². The molecule has 0 aromatic carbocycles. The normalized spacial score (nSPS) is 13.3. The van der Waals surface area contributed by atoms with Gasteiger partial charge in [0.2, 0.25) is 0 Å². The van der Waals surface area contributed by atoms with Gasteiger partial charge in [0.1, 0.15) is 0 Å². The van der Waals surface area contributed by atoms with Crippen molar-refractivity contribution in [2.45, 2.75) is 0 Å². The molecule has 0 saturated heterocycles. The molecule has 0 radical (unpaired) electrons. The first-order valence-corrected chi connectivity index (χ1v) is 2.87. The van der Waals surface area contributed by atoms with Gasteiger partial charge in [-0.3, -0.25) is 0 Å². The van der Waals surface area contributed by atoms with E-state index >= 15 is 0 Å². The first-order chi connectivity index (χ1) is 3.31. The summed E-state index contributed by atoms with van der Waals surface area (Å²) in [6.07, 6.45) is 1.40. The van der Waals surface area contributed by atoms with E-state index in [1.165, 1.54) is 6.08 Å². The predicted molar refractivity (Wildman–Crippen MR) is 26.9 cm³/mol. The Labute approximate surface area is 44.2 Å². The maximum absolute atomic E-state index is 9.98. The van der Waals surface area contributed by atoms with Crippen molar-refractivity contribution in [2.75, 3.05) is 5.75 Å². The molecule has 1 atom stereocenters. The molecule has 7 heavy (non-hydrogen) atoms. The quantitative estimate of drug-likeness (QED) is 0.333.